The Kier molecular flexibility index (Phi) is 4.42. The topological polar surface area (TPSA) is 59.5 Å². The van der Waals surface area contributed by atoms with E-state index in [2.05, 4.69) is 25.7 Å². The Balaban J connectivity index is 2.74. The van der Waals surface area contributed by atoms with Gasteiger partial charge >= 0.3 is 5.97 Å². The zero-order chi connectivity index (χ0) is 12.1. The van der Waals surface area contributed by atoms with Crippen LogP contribution >= 0.6 is 15.9 Å². The minimum atomic E-state index is -0.467. The third-order valence-corrected chi connectivity index (χ3v) is 2.32. The molecule has 5 nitrogen and oxygen atoms in total. The first kappa shape index (κ1) is 12.6. The lowest BCUT2D eigenvalue weighted by Crippen LogP contribution is -2.33. The number of nitrogens with zero attached hydrogens (tertiary/aromatic N) is 2. The number of halogens is 1. The summed E-state index contributed by atoms with van der Waals surface area (Å²) in [6.45, 7) is -0.0937. The van der Waals surface area contributed by atoms with Gasteiger partial charge in [-0.15, -0.1) is 0 Å². The molecule has 1 aromatic heterocycles. The predicted molar refractivity (Wildman–Crippen MR) is 60.9 cm³/mol. The average molecular weight is 287 g/mol. The number of rotatable bonds is 3. The van der Waals surface area contributed by atoms with Crippen molar-refractivity contribution in [1.82, 2.24) is 9.88 Å². The largest absolute Gasteiger partial charge is 0.468 e. The van der Waals surface area contributed by atoms with Crippen LogP contribution < -0.4 is 0 Å². The normalized spacial score (nSPS) is 9.69. The number of amides is 1. The lowest BCUT2D eigenvalue weighted by Gasteiger charge is -2.14. The third-order valence-electron chi connectivity index (χ3n) is 1.87. The van der Waals surface area contributed by atoms with Gasteiger partial charge in [0.15, 0.2) is 0 Å². The molecule has 0 atom stereocenters. The highest BCUT2D eigenvalue weighted by atomic mass is 79.9. The van der Waals surface area contributed by atoms with E-state index < -0.39 is 5.97 Å². The Hall–Kier alpha value is -1.43. The highest BCUT2D eigenvalue weighted by Crippen LogP contribution is 2.07. The highest BCUT2D eigenvalue weighted by Gasteiger charge is 2.16. The molecule has 0 fully saturated rings. The van der Waals surface area contributed by atoms with E-state index in [1.165, 1.54) is 19.1 Å². The van der Waals surface area contributed by atoms with Crippen LogP contribution in [0.25, 0.3) is 0 Å². The molecule has 0 saturated carbocycles. The van der Waals surface area contributed by atoms with Crippen molar-refractivity contribution in [3.05, 3.63) is 28.5 Å². The maximum absolute atomic E-state index is 11.8. The maximum Gasteiger partial charge on any atom is 0.325 e. The second-order valence-electron chi connectivity index (χ2n) is 3.08. The summed E-state index contributed by atoms with van der Waals surface area (Å²) in [5.41, 5.74) is 0.278. The van der Waals surface area contributed by atoms with Gasteiger partial charge in [0.1, 0.15) is 16.8 Å². The number of hydrogen-bond donors (Lipinski definition) is 0. The fourth-order valence-electron chi connectivity index (χ4n) is 1.05. The molecule has 0 N–H and O–H groups in total. The van der Waals surface area contributed by atoms with Gasteiger partial charge in [-0.25, -0.2) is 4.98 Å². The molecule has 86 valence electrons. The number of esters is 1. The van der Waals surface area contributed by atoms with Gasteiger partial charge in [0.25, 0.3) is 5.91 Å². The molecule has 0 aromatic carbocycles. The van der Waals surface area contributed by atoms with E-state index in [1.54, 1.807) is 18.2 Å². The van der Waals surface area contributed by atoms with Crippen molar-refractivity contribution in [2.24, 2.45) is 0 Å². The fraction of sp³-hybridized carbons (Fsp3) is 0.300. The molecule has 1 amide bonds. The Morgan fingerprint density at radius 1 is 1.50 bits per heavy atom. The van der Waals surface area contributed by atoms with E-state index in [1.807, 2.05) is 0 Å². The monoisotopic (exact) mass is 286 g/mol. The molecule has 1 rings (SSSR count). The fourth-order valence-corrected chi connectivity index (χ4v) is 1.40. The molecular formula is C10H11BrN2O3. The van der Waals surface area contributed by atoms with Gasteiger partial charge < -0.3 is 9.64 Å². The van der Waals surface area contributed by atoms with Crippen LogP contribution in [-0.2, 0) is 9.53 Å². The number of aromatic nitrogens is 1. The molecule has 0 radical (unpaired) electrons. The Morgan fingerprint density at radius 3 is 2.75 bits per heavy atom. The van der Waals surface area contributed by atoms with Gasteiger partial charge in [0, 0.05) is 7.05 Å². The summed E-state index contributed by atoms with van der Waals surface area (Å²) < 4.78 is 5.04. The van der Waals surface area contributed by atoms with Crippen LogP contribution in [0.4, 0.5) is 0 Å². The highest BCUT2D eigenvalue weighted by molar-refractivity contribution is 9.10. The third kappa shape index (κ3) is 3.30. The number of carbonyl (C=O) groups is 2. The molecule has 0 unspecified atom stereocenters. The van der Waals surface area contributed by atoms with Gasteiger partial charge in [-0.05, 0) is 28.1 Å². The molecule has 6 heteroatoms. The molecular weight excluding hydrogens is 276 g/mol. The minimum absolute atomic E-state index is 0.0937. The van der Waals surface area contributed by atoms with E-state index >= 15 is 0 Å². The average Bonchev–Trinajstić information content (AvgIpc) is 2.27. The number of ether oxygens (including phenoxy) is 1. The summed E-state index contributed by atoms with van der Waals surface area (Å²) in [5.74, 6) is -0.794. The quantitative estimate of drug-likeness (QED) is 0.617. The van der Waals surface area contributed by atoms with Crippen molar-refractivity contribution in [3.8, 4) is 0 Å². The van der Waals surface area contributed by atoms with Crippen molar-refractivity contribution in [1.29, 1.82) is 0 Å². The zero-order valence-corrected chi connectivity index (χ0v) is 10.5. The van der Waals surface area contributed by atoms with Gasteiger partial charge in [0.05, 0.1) is 7.11 Å². The van der Waals surface area contributed by atoms with Gasteiger partial charge in [0.2, 0.25) is 0 Å². The van der Waals surface area contributed by atoms with Crippen molar-refractivity contribution < 1.29 is 14.3 Å². The first-order valence-electron chi connectivity index (χ1n) is 4.49. The van der Waals surface area contributed by atoms with Crippen molar-refractivity contribution in [2.45, 2.75) is 0 Å². The molecule has 0 aliphatic carbocycles. The molecule has 0 spiro atoms. The van der Waals surface area contributed by atoms with E-state index in [0.29, 0.717) is 4.60 Å². The van der Waals surface area contributed by atoms with Crippen LogP contribution in [-0.4, -0.2) is 42.5 Å². The Labute approximate surface area is 102 Å². The molecule has 1 aromatic rings. The minimum Gasteiger partial charge on any atom is -0.468 e. The molecule has 0 bridgehead atoms. The predicted octanol–water partition coefficient (Wildman–Crippen LogP) is 1.09. The first-order chi connectivity index (χ1) is 7.54. The summed E-state index contributed by atoms with van der Waals surface area (Å²) in [6.07, 6.45) is 0. The van der Waals surface area contributed by atoms with Crippen molar-refractivity contribution in [2.75, 3.05) is 20.7 Å². The lowest BCUT2D eigenvalue weighted by atomic mass is 10.3. The Bertz CT molecular complexity index is 409. The van der Waals surface area contributed by atoms with Crippen molar-refractivity contribution in [3.63, 3.8) is 0 Å². The van der Waals surface area contributed by atoms with Crippen LogP contribution in [0.3, 0.4) is 0 Å². The van der Waals surface area contributed by atoms with E-state index in [9.17, 15) is 9.59 Å². The van der Waals surface area contributed by atoms with E-state index in [4.69, 9.17) is 0 Å². The molecule has 0 aliphatic heterocycles. The second kappa shape index (κ2) is 5.60. The zero-order valence-electron chi connectivity index (χ0n) is 8.94. The van der Waals surface area contributed by atoms with Crippen LogP contribution in [0.2, 0.25) is 0 Å². The van der Waals surface area contributed by atoms with E-state index in [0.717, 1.165) is 0 Å². The summed E-state index contributed by atoms with van der Waals surface area (Å²) >= 11 is 3.17. The van der Waals surface area contributed by atoms with Gasteiger partial charge in [-0.3, -0.25) is 9.59 Å². The first-order valence-corrected chi connectivity index (χ1v) is 5.28. The smallest absolute Gasteiger partial charge is 0.325 e. The molecule has 0 aliphatic rings. The maximum atomic E-state index is 11.8. The number of hydrogen-bond acceptors (Lipinski definition) is 4. The number of methoxy groups -OCH3 is 1. The van der Waals surface area contributed by atoms with Crippen LogP contribution in [0.5, 0.6) is 0 Å². The van der Waals surface area contributed by atoms with Crippen molar-refractivity contribution >= 4 is 27.8 Å². The number of likely N-dealkylation sites (N-methyl/N-ethyl adjacent to an activating group) is 1. The number of pyridine rings is 1. The summed E-state index contributed by atoms with van der Waals surface area (Å²) in [5, 5.41) is 0. The lowest BCUT2D eigenvalue weighted by molar-refractivity contribution is -0.141. The molecule has 0 saturated heterocycles. The summed E-state index contributed by atoms with van der Waals surface area (Å²) in [4.78, 5) is 28.0. The molecule has 1 heterocycles. The summed E-state index contributed by atoms with van der Waals surface area (Å²) in [6, 6.07) is 5.01. The van der Waals surface area contributed by atoms with E-state index in [-0.39, 0.29) is 18.1 Å². The Morgan fingerprint density at radius 2 is 2.19 bits per heavy atom. The standard InChI is InChI=1S/C10H11BrN2O3/c1-13(6-9(14)16-2)10(15)7-4-3-5-8(11)12-7/h3-5H,6H2,1-2H3. The molecule has 16 heavy (non-hydrogen) atoms. The number of carbonyl (C=O) groups excluding carboxylic acids is 2. The second-order valence-corrected chi connectivity index (χ2v) is 3.90. The van der Waals surface area contributed by atoms with Gasteiger partial charge in [-0.2, -0.15) is 0 Å². The van der Waals surface area contributed by atoms with Crippen LogP contribution in [0.1, 0.15) is 10.5 Å². The SMILES string of the molecule is COC(=O)CN(C)C(=O)c1cccc(Br)n1. The van der Waals surface area contributed by atoms with Crippen LogP contribution in [0.15, 0.2) is 22.8 Å². The van der Waals surface area contributed by atoms with Crippen LogP contribution in [0, 0.1) is 0 Å². The summed E-state index contributed by atoms with van der Waals surface area (Å²) in [7, 11) is 2.79. The van der Waals surface area contributed by atoms with Gasteiger partial charge in [-0.1, -0.05) is 6.07 Å².